The molecule has 7 heteroatoms. The molecule has 158 valence electrons. The molecule has 0 aliphatic heterocycles. The lowest BCUT2D eigenvalue weighted by Gasteiger charge is -2.23. The third kappa shape index (κ3) is 5.71. The van der Waals surface area contributed by atoms with Gasteiger partial charge < -0.3 is 19.3 Å². The van der Waals surface area contributed by atoms with E-state index in [1.807, 2.05) is 46.8 Å². The van der Waals surface area contributed by atoms with Crippen molar-refractivity contribution < 1.29 is 18.8 Å². The first-order chi connectivity index (χ1) is 13.7. The van der Waals surface area contributed by atoms with Gasteiger partial charge in [0.15, 0.2) is 5.76 Å². The minimum absolute atomic E-state index is 0.251. The minimum Gasteiger partial charge on any atom is -0.489 e. The van der Waals surface area contributed by atoms with E-state index in [2.05, 4.69) is 15.5 Å². The summed E-state index contributed by atoms with van der Waals surface area (Å²) < 4.78 is 17.0. The maximum atomic E-state index is 12.0. The fourth-order valence-electron chi connectivity index (χ4n) is 3.43. The number of aromatic nitrogens is 2. The van der Waals surface area contributed by atoms with E-state index < -0.39 is 11.7 Å². The first-order valence-electron chi connectivity index (χ1n) is 10.3. The molecule has 1 saturated carbocycles. The number of ether oxygens (including phenoxy) is 2. The number of nitrogens with zero attached hydrogens (tertiary/aromatic N) is 2. The summed E-state index contributed by atoms with van der Waals surface area (Å²) in [5.74, 6) is 1.36. The second-order valence-corrected chi connectivity index (χ2v) is 8.59. The van der Waals surface area contributed by atoms with Gasteiger partial charge in [-0.15, -0.1) is 0 Å². The summed E-state index contributed by atoms with van der Waals surface area (Å²) in [6.07, 6.45) is 5.73. The smallest absolute Gasteiger partial charge is 0.407 e. The normalized spacial score (nSPS) is 15.2. The van der Waals surface area contributed by atoms with Crippen LogP contribution in [0.15, 0.2) is 16.7 Å². The van der Waals surface area contributed by atoms with Crippen LogP contribution in [0.2, 0.25) is 0 Å². The first kappa shape index (κ1) is 21.1. The fraction of sp³-hybridized carbons (Fsp3) is 0.591. The molecule has 0 spiro atoms. The van der Waals surface area contributed by atoms with E-state index >= 15 is 0 Å². The third-order valence-corrected chi connectivity index (χ3v) is 4.91. The molecule has 3 rings (SSSR count). The Kier molecular flexibility index (Phi) is 6.45. The summed E-state index contributed by atoms with van der Waals surface area (Å²) in [6, 6.07) is 3.82. The van der Waals surface area contributed by atoms with Gasteiger partial charge in [0.25, 0.3) is 0 Å². The SMILES string of the molecule is Cc1nc(-c2onc(C)c2CNC(=O)OC(C)(C)C)ccc1OC1CCCCC1. The molecule has 2 heterocycles. The molecule has 0 radical (unpaired) electrons. The van der Waals surface area contributed by atoms with Crippen LogP contribution in [0, 0.1) is 13.8 Å². The van der Waals surface area contributed by atoms with Gasteiger partial charge in [-0.25, -0.2) is 9.78 Å². The number of pyridine rings is 1. The second kappa shape index (κ2) is 8.84. The van der Waals surface area contributed by atoms with Gasteiger partial charge >= 0.3 is 6.09 Å². The van der Waals surface area contributed by atoms with Crippen LogP contribution in [-0.4, -0.2) is 27.9 Å². The van der Waals surface area contributed by atoms with Crippen molar-refractivity contribution in [3.63, 3.8) is 0 Å². The number of alkyl carbamates (subject to hydrolysis) is 1. The van der Waals surface area contributed by atoms with Crippen LogP contribution < -0.4 is 10.1 Å². The van der Waals surface area contributed by atoms with Gasteiger partial charge in [-0.05, 0) is 72.4 Å². The van der Waals surface area contributed by atoms with E-state index in [-0.39, 0.29) is 12.6 Å². The molecule has 0 aromatic carbocycles. The average Bonchev–Trinajstić information content (AvgIpc) is 3.02. The standard InChI is InChI=1S/C22H31N3O4/c1-14-17(13-23-21(26)28-22(3,4)5)20(29-25-14)18-11-12-19(15(2)24-18)27-16-9-7-6-8-10-16/h11-12,16H,6-10,13H2,1-5H3,(H,23,26). The lowest BCUT2D eigenvalue weighted by molar-refractivity contribution is 0.0523. The Morgan fingerprint density at radius 1 is 1.17 bits per heavy atom. The van der Waals surface area contributed by atoms with Crippen molar-refractivity contribution in [2.24, 2.45) is 0 Å². The first-order valence-corrected chi connectivity index (χ1v) is 10.3. The average molecular weight is 402 g/mol. The van der Waals surface area contributed by atoms with Crippen molar-refractivity contribution in [2.75, 3.05) is 0 Å². The molecule has 2 aromatic heterocycles. The molecule has 0 saturated heterocycles. The number of aryl methyl sites for hydroxylation is 2. The lowest BCUT2D eigenvalue weighted by atomic mass is 9.98. The summed E-state index contributed by atoms with van der Waals surface area (Å²) in [7, 11) is 0. The molecule has 1 N–H and O–H groups in total. The zero-order valence-electron chi connectivity index (χ0n) is 18.0. The van der Waals surface area contributed by atoms with Crippen LogP contribution in [0.1, 0.15) is 69.8 Å². The predicted octanol–water partition coefficient (Wildman–Crippen LogP) is 5.09. The zero-order valence-corrected chi connectivity index (χ0v) is 18.0. The topological polar surface area (TPSA) is 86.5 Å². The number of hydrogen-bond donors (Lipinski definition) is 1. The van der Waals surface area contributed by atoms with Gasteiger partial charge in [0.1, 0.15) is 17.0 Å². The number of amides is 1. The number of hydrogen-bond acceptors (Lipinski definition) is 6. The van der Waals surface area contributed by atoms with Crippen LogP contribution in [0.4, 0.5) is 4.79 Å². The van der Waals surface area contributed by atoms with Crippen molar-refractivity contribution in [2.45, 2.75) is 85.0 Å². The van der Waals surface area contributed by atoms with E-state index in [0.717, 1.165) is 29.8 Å². The van der Waals surface area contributed by atoms with Crippen LogP contribution in [-0.2, 0) is 11.3 Å². The van der Waals surface area contributed by atoms with Crippen molar-refractivity contribution >= 4 is 6.09 Å². The summed E-state index contributed by atoms with van der Waals surface area (Å²) in [5.41, 5.74) is 2.42. The van der Waals surface area contributed by atoms with E-state index in [1.54, 1.807) is 0 Å². The largest absolute Gasteiger partial charge is 0.489 e. The molecule has 0 atom stereocenters. The van der Waals surface area contributed by atoms with Crippen LogP contribution in [0.3, 0.4) is 0 Å². The Balaban J connectivity index is 1.72. The van der Waals surface area contributed by atoms with Crippen molar-refractivity contribution in [3.8, 4) is 17.2 Å². The summed E-state index contributed by atoms with van der Waals surface area (Å²) in [4.78, 5) is 16.7. The minimum atomic E-state index is -0.552. The van der Waals surface area contributed by atoms with Gasteiger partial charge in [-0.2, -0.15) is 0 Å². The fourth-order valence-corrected chi connectivity index (χ4v) is 3.43. The maximum absolute atomic E-state index is 12.0. The van der Waals surface area contributed by atoms with Crippen LogP contribution in [0.25, 0.3) is 11.5 Å². The van der Waals surface area contributed by atoms with Crippen molar-refractivity contribution in [1.82, 2.24) is 15.5 Å². The highest BCUT2D eigenvalue weighted by Crippen LogP contribution is 2.30. The van der Waals surface area contributed by atoms with E-state index in [9.17, 15) is 4.79 Å². The number of nitrogens with one attached hydrogen (secondary N) is 1. The monoisotopic (exact) mass is 401 g/mol. The molecule has 1 amide bonds. The van der Waals surface area contributed by atoms with Crippen molar-refractivity contribution in [3.05, 3.63) is 29.1 Å². The summed E-state index contributed by atoms with van der Waals surface area (Å²) in [5, 5.41) is 6.81. The van der Waals surface area contributed by atoms with E-state index in [0.29, 0.717) is 17.1 Å². The van der Waals surface area contributed by atoms with Gasteiger partial charge in [0, 0.05) is 5.56 Å². The van der Waals surface area contributed by atoms with Crippen LogP contribution in [0.5, 0.6) is 5.75 Å². The molecule has 29 heavy (non-hydrogen) atoms. The Labute approximate surface area is 172 Å². The molecule has 1 fully saturated rings. The van der Waals surface area contributed by atoms with Crippen LogP contribution >= 0.6 is 0 Å². The molecule has 7 nitrogen and oxygen atoms in total. The Hall–Kier alpha value is -2.57. The van der Waals surface area contributed by atoms with Gasteiger partial charge in [0.05, 0.1) is 24.0 Å². The zero-order chi connectivity index (χ0) is 21.0. The molecule has 0 unspecified atom stereocenters. The summed E-state index contributed by atoms with van der Waals surface area (Å²) >= 11 is 0. The lowest BCUT2D eigenvalue weighted by Crippen LogP contribution is -2.32. The van der Waals surface area contributed by atoms with Crippen molar-refractivity contribution in [1.29, 1.82) is 0 Å². The molecule has 0 bridgehead atoms. The van der Waals surface area contributed by atoms with Gasteiger partial charge in [0.2, 0.25) is 0 Å². The highest BCUT2D eigenvalue weighted by molar-refractivity contribution is 5.68. The van der Waals surface area contributed by atoms with Gasteiger partial charge in [-0.1, -0.05) is 11.6 Å². The molecule has 1 aliphatic rings. The Morgan fingerprint density at radius 3 is 2.55 bits per heavy atom. The summed E-state index contributed by atoms with van der Waals surface area (Å²) in [6.45, 7) is 9.50. The molecule has 1 aliphatic carbocycles. The maximum Gasteiger partial charge on any atom is 0.407 e. The molecular formula is C22H31N3O4. The Bertz CT molecular complexity index is 848. The number of carbonyl (C=O) groups is 1. The van der Waals surface area contributed by atoms with E-state index in [4.69, 9.17) is 14.0 Å². The molecule has 2 aromatic rings. The van der Waals surface area contributed by atoms with E-state index in [1.165, 1.54) is 19.3 Å². The number of carbonyl (C=O) groups excluding carboxylic acids is 1. The second-order valence-electron chi connectivity index (χ2n) is 8.59. The third-order valence-electron chi connectivity index (χ3n) is 4.91. The predicted molar refractivity (Wildman–Crippen MR) is 110 cm³/mol. The highest BCUT2D eigenvalue weighted by atomic mass is 16.6. The molecular weight excluding hydrogens is 370 g/mol. The Morgan fingerprint density at radius 2 is 1.90 bits per heavy atom. The number of rotatable bonds is 5. The van der Waals surface area contributed by atoms with Gasteiger partial charge in [-0.3, -0.25) is 0 Å². The quantitative estimate of drug-likeness (QED) is 0.751. The highest BCUT2D eigenvalue weighted by Gasteiger charge is 2.21.